The molecule has 2 heterocycles. The third kappa shape index (κ3) is 2.31. The number of benzene rings is 1. The zero-order valence-corrected chi connectivity index (χ0v) is 12.2. The Kier molecular flexibility index (Phi) is 3.72. The fourth-order valence-electron chi connectivity index (χ4n) is 2.65. The number of halogens is 1. The molecular formula is C15H17FN2OS. The van der Waals surface area contributed by atoms with E-state index in [-0.39, 0.29) is 11.7 Å². The van der Waals surface area contributed by atoms with Crippen LogP contribution in [0.1, 0.15) is 21.7 Å². The van der Waals surface area contributed by atoms with Crippen molar-refractivity contribution in [2.75, 3.05) is 26.2 Å². The van der Waals surface area contributed by atoms with Crippen LogP contribution in [0.3, 0.4) is 0 Å². The third-order valence-corrected chi connectivity index (χ3v) is 4.97. The quantitative estimate of drug-likeness (QED) is 0.876. The van der Waals surface area contributed by atoms with Crippen molar-refractivity contribution in [1.29, 1.82) is 0 Å². The van der Waals surface area contributed by atoms with Crippen LogP contribution in [-0.2, 0) is 0 Å². The molecule has 1 saturated heterocycles. The lowest BCUT2D eigenvalue weighted by molar-refractivity contribution is 0.0770. The van der Waals surface area contributed by atoms with E-state index >= 15 is 0 Å². The molecule has 3 rings (SSSR count). The molecule has 2 aromatic rings. The van der Waals surface area contributed by atoms with E-state index in [2.05, 4.69) is 5.32 Å². The second kappa shape index (κ2) is 5.50. The maximum Gasteiger partial charge on any atom is 0.264 e. The third-order valence-electron chi connectivity index (χ3n) is 3.72. The van der Waals surface area contributed by atoms with Gasteiger partial charge in [0.05, 0.1) is 4.88 Å². The zero-order valence-electron chi connectivity index (χ0n) is 11.4. The number of hydrogen-bond donors (Lipinski definition) is 1. The molecule has 106 valence electrons. The van der Waals surface area contributed by atoms with E-state index in [9.17, 15) is 9.18 Å². The predicted molar refractivity (Wildman–Crippen MR) is 79.9 cm³/mol. The second-order valence-electron chi connectivity index (χ2n) is 5.06. The standard InChI is InChI=1S/C15H17FN2OS/c1-10-13-11(16)4-2-5-12(13)20-14(10)15(19)18-8-3-6-17-7-9-18/h2,4-5,17H,3,6-9H2,1H3. The fraction of sp³-hybridized carbons (Fsp3) is 0.400. The van der Waals surface area contributed by atoms with Crippen molar-refractivity contribution in [2.24, 2.45) is 0 Å². The summed E-state index contributed by atoms with van der Waals surface area (Å²) in [6.07, 6.45) is 0.962. The number of amides is 1. The van der Waals surface area contributed by atoms with Gasteiger partial charge in [0.25, 0.3) is 5.91 Å². The van der Waals surface area contributed by atoms with Crippen molar-refractivity contribution in [3.63, 3.8) is 0 Å². The van der Waals surface area contributed by atoms with Gasteiger partial charge in [-0.2, -0.15) is 0 Å². The molecule has 0 unspecified atom stereocenters. The van der Waals surface area contributed by atoms with Crippen LogP contribution in [0.25, 0.3) is 10.1 Å². The summed E-state index contributed by atoms with van der Waals surface area (Å²) in [5.74, 6) is -0.209. The van der Waals surface area contributed by atoms with Gasteiger partial charge in [0.15, 0.2) is 0 Å². The Bertz CT molecular complexity index is 645. The number of nitrogens with one attached hydrogen (secondary N) is 1. The normalized spacial score (nSPS) is 16.4. The van der Waals surface area contributed by atoms with E-state index in [1.807, 2.05) is 17.9 Å². The molecule has 1 amide bonds. The minimum absolute atomic E-state index is 0.0341. The molecule has 0 spiro atoms. The van der Waals surface area contributed by atoms with Crippen LogP contribution in [0.5, 0.6) is 0 Å². The molecule has 1 aliphatic rings. The smallest absolute Gasteiger partial charge is 0.264 e. The van der Waals surface area contributed by atoms with Gasteiger partial charge < -0.3 is 10.2 Å². The molecule has 20 heavy (non-hydrogen) atoms. The van der Waals surface area contributed by atoms with Crippen molar-refractivity contribution < 1.29 is 9.18 Å². The number of aryl methyl sites for hydroxylation is 1. The molecular weight excluding hydrogens is 275 g/mol. The largest absolute Gasteiger partial charge is 0.337 e. The van der Waals surface area contributed by atoms with Crippen LogP contribution in [-0.4, -0.2) is 37.0 Å². The Morgan fingerprint density at radius 1 is 1.35 bits per heavy atom. The first-order chi connectivity index (χ1) is 9.68. The molecule has 0 radical (unpaired) electrons. The van der Waals surface area contributed by atoms with Crippen molar-refractivity contribution in [1.82, 2.24) is 10.2 Å². The average Bonchev–Trinajstić information content (AvgIpc) is 2.65. The minimum atomic E-state index is -0.243. The van der Waals surface area contributed by atoms with Gasteiger partial charge in [0.1, 0.15) is 5.82 Å². The van der Waals surface area contributed by atoms with Crippen LogP contribution < -0.4 is 5.32 Å². The first kappa shape index (κ1) is 13.5. The first-order valence-electron chi connectivity index (χ1n) is 6.86. The van der Waals surface area contributed by atoms with Gasteiger partial charge in [0.2, 0.25) is 0 Å². The minimum Gasteiger partial charge on any atom is -0.337 e. The Labute approximate surface area is 121 Å². The van der Waals surface area contributed by atoms with E-state index in [1.165, 1.54) is 17.4 Å². The topological polar surface area (TPSA) is 32.3 Å². The Hall–Kier alpha value is -1.46. The van der Waals surface area contributed by atoms with E-state index in [0.717, 1.165) is 42.9 Å². The van der Waals surface area contributed by atoms with E-state index in [1.54, 1.807) is 6.07 Å². The lowest BCUT2D eigenvalue weighted by Crippen LogP contribution is -2.34. The highest BCUT2D eigenvalue weighted by atomic mass is 32.1. The molecule has 1 N–H and O–H groups in total. The van der Waals surface area contributed by atoms with Crippen LogP contribution >= 0.6 is 11.3 Å². The monoisotopic (exact) mass is 292 g/mol. The van der Waals surface area contributed by atoms with Gasteiger partial charge in [0, 0.05) is 29.7 Å². The SMILES string of the molecule is Cc1c(C(=O)N2CCCNCC2)sc2cccc(F)c12. The maximum atomic E-state index is 13.9. The summed E-state index contributed by atoms with van der Waals surface area (Å²) >= 11 is 1.40. The number of thiophene rings is 1. The molecule has 5 heteroatoms. The number of carbonyl (C=O) groups excluding carboxylic acids is 1. The number of hydrogen-bond acceptors (Lipinski definition) is 3. The molecule has 3 nitrogen and oxygen atoms in total. The van der Waals surface area contributed by atoms with Crippen molar-refractivity contribution in [3.05, 3.63) is 34.5 Å². The van der Waals surface area contributed by atoms with Gasteiger partial charge in [-0.25, -0.2) is 4.39 Å². The van der Waals surface area contributed by atoms with E-state index < -0.39 is 0 Å². The molecule has 1 fully saturated rings. The molecule has 0 atom stereocenters. The first-order valence-corrected chi connectivity index (χ1v) is 7.68. The van der Waals surface area contributed by atoms with E-state index in [0.29, 0.717) is 10.3 Å². The van der Waals surface area contributed by atoms with Crippen LogP contribution in [0.2, 0.25) is 0 Å². The highest BCUT2D eigenvalue weighted by Crippen LogP contribution is 2.33. The van der Waals surface area contributed by atoms with Gasteiger partial charge >= 0.3 is 0 Å². The maximum absolute atomic E-state index is 13.9. The van der Waals surface area contributed by atoms with Crippen molar-refractivity contribution >= 4 is 27.3 Å². The molecule has 1 aliphatic heterocycles. The van der Waals surface area contributed by atoms with Crippen molar-refractivity contribution in [2.45, 2.75) is 13.3 Å². The van der Waals surface area contributed by atoms with Gasteiger partial charge in [-0.1, -0.05) is 6.07 Å². The number of fused-ring (bicyclic) bond motifs is 1. The number of nitrogens with zero attached hydrogens (tertiary/aromatic N) is 1. The predicted octanol–water partition coefficient (Wildman–Crippen LogP) is 2.78. The summed E-state index contributed by atoms with van der Waals surface area (Å²) in [5, 5.41) is 3.87. The molecule has 0 aliphatic carbocycles. The van der Waals surface area contributed by atoms with Gasteiger partial charge in [-0.05, 0) is 37.6 Å². The highest BCUT2D eigenvalue weighted by molar-refractivity contribution is 7.21. The summed E-state index contributed by atoms with van der Waals surface area (Å²) in [6.45, 7) is 5.09. The summed E-state index contributed by atoms with van der Waals surface area (Å²) in [4.78, 5) is 15.2. The lowest BCUT2D eigenvalue weighted by atomic mass is 10.1. The Morgan fingerprint density at radius 3 is 3.00 bits per heavy atom. The highest BCUT2D eigenvalue weighted by Gasteiger charge is 2.23. The second-order valence-corrected chi connectivity index (χ2v) is 6.12. The summed E-state index contributed by atoms with van der Waals surface area (Å²) in [5.41, 5.74) is 0.769. The lowest BCUT2D eigenvalue weighted by Gasteiger charge is -2.19. The van der Waals surface area contributed by atoms with Crippen molar-refractivity contribution in [3.8, 4) is 0 Å². The summed E-state index contributed by atoms with van der Waals surface area (Å²) in [6, 6.07) is 5.01. The molecule has 1 aromatic carbocycles. The molecule has 0 bridgehead atoms. The zero-order chi connectivity index (χ0) is 14.1. The Morgan fingerprint density at radius 2 is 2.20 bits per heavy atom. The van der Waals surface area contributed by atoms with E-state index in [4.69, 9.17) is 0 Å². The molecule has 1 aromatic heterocycles. The fourth-order valence-corrected chi connectivity index (χ4v) is 3.84. The van der Waals surface area contributed by atoms with Crippen LogP contribution in [0.15, 0.2) is 18.2 Å². The summed E-state index contributed by atoms with van der Waals surface area (Å²) < 4.78 is 14.7. The van der Waals surface area contributed by atoms with Crippen LogP contribution in [0, 0.1) is 12.7 Å². The average molecular weight is 292 g/mol. The number of rotatable bonds is 1. The molecule has 0 saturated carbocycles. The summed E-state index contributed by atoms with van der Waals surface area (Å²) in [7, 11) is 0. The Balaban J connectivity index is 1.99. The van der Waals surface area contributed by atoms with Gasteiger partial charge in [-0.3, -0.25) is 4.79 Å². The van der Waals surface area contributed by atoms with Crippen LogP contribution in [0.4, 0.5) is 4.39 Å². The van der Waals surface area contributed by atoms with Gasteiger partial charge in [-0.15, -0.1) is 11.3 Å². The number of carbonyl (C=O) groups is 1.